The number of aryl methyl sites for hydroxylation is 1. The normalized spacial score (nSPS) is 11.8. The number of methoxy groups -OCH3 is 2. The van der Waals surface area contributed by atoms with Crippen LogP contribution < -0.4 is 14.8 Å². The minimum absolute atomic E-state index is 0.204. The molecule has 3 rings (SSSR count). The number of aliphatic hydroxyl groups excluding tert-OH is 1. The van der Waals surface area contributed by atoms with Crippen molar-refractivity contribution in [3.05, 3.63) is 53.6 Å². The van der Waals surface area contributed by atoms with Crippen molar-refractivity contribution in [3.63, 3.8) is 0 Å². The average molecular weight is 355 g/mol. The largest absolute Gasteiger partial charge is 0.497 e. The third-order valence-electron chi connectivity index (χ3n) is 4.00. The Hall–Kier alpha value is -3.13. The van der Waals surface area contributed by atoms with Crippen molar-refractivity contribution in [2.45, 2.75) is 13.0 Å². The molecule has 0 saturated heterocycles. The van der Waals surface area contributed by atoms with Gasteiger partial charge in [-0.2, -0.15) is 4.68 Å². The summed E-state index contributed by atoms with van der Waals surface area (Å²) in [6.45, 7) is 2.22. The number of ether oxygens (including phenoxy) is 2. The highest BCUT2D eigenvalue weighted by Gasteiger charge is 2.16. The molecule has 0 aliphatic carbocycles. The lowest BCUT2D eigenvalue weighted by Gasteiger charge is -2.16. The Bertz CT molecular complexity index is 864. The molecule has 1 unspecified atom stereocenters. The molecule has 0 spiro atoms. The van der Waals surface area contributed by atoms with Crippen molar-refractivity contribution < 1.29 is 14.6 Å². The number of hydrogen-bond donors (Lipinski definition) is 2. The molecule has 0 bridgehead atoms. The second-order valence-corrected chi connectivity index (χ2v) is 5.75. The molecule has 2 N–H and O–H groups in total. The SMILES string of the molecule is COc1ccc(OC)c(C(O)CNc2nnnn2-c2ccc(C)cc2)c1. The van der Waals surface area contributed by atoms with Gasteiger partial charge in [-0.15, -0.1) is 0 Å². The van der Waals surface area contributed by atoms with E-state index in [4.69, 9.17) is 9.47 Å². The average Bonchev–Trinajstić information content (AvgIpc) is 3.14. The van der Waals surface area contributed by atoms with E-state index >= 15 is 0 Å². The van der Waals surface area contributed by atoms with Gasteiger partial charge in [0.2, 0.25) is 5.95 Å². The Balaban J connectivity index is 1.76. The number of hydrogen-bond acceptors (Lipinski definition) is 7. The third-order valence-corrected chi connectivity index (χ3v) is 4.00. The first-order chi connectivity index (χ1) is 12.6. The molecule has 26 heavy (non-hydrogen) atoms. The van der Waals surface area contributed by atoms with Gasteiger partial charge in [-0.1, -0.05) is 22.8 Å². The maximum atomic E-state index is 10.6. The molecule has 0 fully saturated rings. The lowest BCUT2D eigenvalue weighted by atomic mass is 10.1. The van der Waals surface area contributed by atoms with Crippen LogP contribution in [0.5, 0.6) is 11.5 Å². The third kappa shape index (κ3) is 3.75. The standard InChI is InChI=1S/C18H21N5O3/c1-12-4-6-13(7-5-12)23-18(20-21-22-23)19-11-16(24)15-10-14(25-2)8-9-17(15)26-3/h4-10,16,24H,11H2,1-3H3,(H,19,20,22). The number of nitrogens with zero attached hydrogens (tertiary/aromatic N) is 4. The molecule has 8 nitrogen and oxygen atoms in total. The van der Waals surface area contributed by atoms with Gasteiger partial charge in [-0.3, -0.25) is 0 Å². The molecule has 0 radical (unpaired) electrons. The fraction of sp³-hybridized carbons (Fsp3) is 0.278. The van der Waals surface area contributed by atoms with Gasteiger partial charge in [0.25, 0.3) is 0 Å². The van der Waals surface area contributed by atoms with E-state index in [1.807, 2.05) is 31.2 Å². The summed E-state index contributed by atoms with van der Waals surface area (Å²) in [5, 5.41) is 25.3. The zero-order chi connectivity index (χ0) is 18.5. The zero-order valence-corrected chi connectivity index (χ0v) is 14.9. The quantitative estimate of drug-likeness (QED) is 0.670. The summed E-state index contributed by atoms with van der Waals surface area (Å²) in [5.74, 6) is 1.66. The first kappa shape index (κ1) is 17.7. The highest BCUT2D eigenvalue weighted by molar-refractivity contribution is 5.43. The van der Waals surface area contributed by atoms with Gasteiger partial charge in [0, 0.05) is 12.1 Å². The Kier molecular flexibility index (Phi) is 5.33. The summed E-state index contributed by atoms with van der Waals surface area (Å²) >= 11 is 0. The zero-order valence-electron chi connectivity index (χ0n) is 14.9. The van der Waals surface area contributed by atoms with E-state index in [1.165, 1.54) is 0 Å². The number of tetrazole rings is 1. The van der Waals surface area contributed by atoms with E-state index in [-0.39, 0.29) is 6.54 Å². The highest BCUT2D eigenvalue weighted by Crippen LogP contribution is 2.29. The van der Waals surface area contributed by atoms with E-state index in [2.05, 4.69) is 20.8 Å². The number of aromatic nitrogens is 4. The fourth-order valence-electron chi connectivity index (χ4n) is 2.55. The van der Waals surface area contributed by atoms with E-state index in [1.54, 1.807) is 37.1 Å². The Morgan fingerprint density at radius 3 is 2.58 bits per heavy atom. The van der Waals surface area contributed by atoms with Crippen molar-refractivity contribution in [2.75, 3.05) is 26.1 Å². The molecule has 8 heteroatoms. The summed E-state index contributed by atoms with van der Waals surface area (Å²) in [5.41, 5.74) is 2.60. The van der Waals surface area contributed by atoms with Gasteiger partial charge >= 0.3 is 0 Å². The summed E-state index contributed by atoms with van der Waals surface area (Å²) in [6, 6.07) is 13.1. The van der Waals surface area contributed by atoms with Gasteiger partial charge in [-0.25, -0.2) is 0 Å². The number of nitrogens with one attached hydrogen (secondary N) is 1. The van der Waals surface area contributed by atoms with E-state index in [9.17, 15) is 5.11 Å². The van der Waals surface area contributed by atoms with Crippen molar-refractivity contribution >= 4 is 5.95 Å². The maximum Gasteiger partial charge on any atom is 0.247 e. The molecular formula is C18H21N5O3. The van der Waals surface area contributed by atoms with Crippen molar-refractivity contribution in [1.29, 1.82) is 0 Å². The first-order valence-corrected chi connectivity index (χ1v) is 8.11. The summed E-state index contributed by atoms with van der Waals surface area (Å²) in [7, 11) is 3.13. The van der Waals surface area contributed by atoms with E-state index in [0.29, 0.717) is 23.0 Å². The molecule has 1 aromatic heterocycles. The molecule has 0 amide bonds. The first-order valence-electron chi connectivity index (χ1n) is 8.11. The Labute approximate surface area is 151 Å². The van der Waals surface area contributed by atoms with Gasteiger partial charge in [-0.05, 0) is 47.7 Å². The van der Waals surface area contributed by atoms with E-state index < -0.39 is 6.10 Å². The highest BCUT2D eigenvalue weighted by atomic mass is 16.5. The number of benzene rings is 2. The number of rotatable bonds is 7. The second-order valence-electron chi connectivity index (χ2n) is 5.75. The van der Waals surface area contributed by atoms with Crippen molar-refractivity contribution in [1.82, 2.24) is 20.2 Å². The lowest BCUT2D eigenvalue weighted by Crippen LogP contribution is -2.16. The summed E-state index contributed by atoms with van der Waals surface area (Å²) in [4.78, 5) is 0. The van der Waals surface area contributed by atoms with Crippen LogP contribution in [0.4, 0.5) is 5.95 Å². The van der Waals surface area contributed by atoms with Gasteiger partial charge in [0.05, 0.1) is 26.0 Å². The van der Waals surface area contributed by atoms with Crippen LogP contribution in [-0.4, -0.2) is 46.1 Å². The predicted octanol–water partition coefficient (Wildman–Crippen LogP) is 2.13. The van der Waals surface area contributed by atoms with Crippen LogP contribution in [-0.2, 0) is 0 Å². The lowest BCUT2D eigenvalue weighted by molar-refractivity contribution is 0.186. The molecule has 0 saturated carbocycles. The molecule has 2 aromatic carbocycles. The fourth-order valence-corrected chi connectivity index (χ4v) is 2.55. The smallest absolute Gasteiger partial charge is 0.247 e. The maximum absolute atomic E-state index is 10.6. The molecule has 0 aliphatic heterocycles. The van der Waals surface area contributed by atoms with Gasteiger partial charge in [0.15, 0.2) is 0 Å². The molecule has 136 valence electrons. The molecular weight excluding hydrogens is 334 g/mol. The molecule has 1 heterocycles. The Morgan fingerprint density at radius 1 is 1.12 bits per heavy atom. The monoisotopic (exact) mass is 355 g/mol. The van der Waals surface area contributed by atoms with Gasteiger partial charge in [0.1, 0.15) is 11.5 Å². The van der Waals surface area contributed by atoms with Crippen LogP contribution in [0.15, 0.2) is 42.5 Å². The topological polar surface area (TPSA) is 94.3 Å². The number of anilines is 1. The number of aliphatic hydroxyl groups is 1. The van der Waals surface area contributed by atoms with Crippen molar-refractivity contribution in [2.24, 2.45) is 0 Å². The van der Waals surface area contributed by atoms with Crippen LogP contribution in [0.1, 0.15) is 17.2 Å². The summed E-state index contributed by atoms with van der Waals surface area (Å²) in [6.07, 6.45) is -0.830. The van der Waals surface area contributed by atoms with Crippen LogP contribution in [0.25, 0.3) is 5.69 Å². The van der Waals surface area contributed by atoms with Gasteiger partial charge < -0.3 is 19.9 Å². The molecule has 0 aliphatic rings. The Morgan fingerprint density at radius 2 is 1.88 bits per heavy atom. The second kappa shape index (κ2) is 7.83. The minimum Gasteiger partial charge on any atom is -0.497 e. The van der Waals surface area contributed by atoms with Crippen LogP contribution in [0.2, 0.25) is 0 Å². The van der Waals surface area contributed by atoms with Crippen LogP contribution in [0, 0.1) is 6.92 Å². The summed E-state index contributed by atoms with van der Waals surface area (Å²) < 4.78 is 12.1. The molecule has 3 aromatic rings. The molecule has 1 atom stereocenters. The minimum atomic E-state index is -0.830. The van der Waals surface area contributed by atoms with Crippen LogP contribution in [0.3, 0.4) is 0 Å². The van der Waals surface area contributed by atoms with Crippen LogP contribution >= 0.6 is 0 Å². The van der Waals surface area contributed by atoms with E-state index in [0.717, 1.165) is 11.3 Å². The van der Waals surface area contributed by atoms with Crippen molar-refractivity contribution in [3.8, 4) is 17.2 Å². The predicted molar refractivity (Wildman–Crippen MR) is 96.9 cm³/mol.